The first-order chi connectivity index (χ1) is 11.1. The predicted molar refractivity (Wildman–Crippen MR) is 86.6 cm³/mol. The summed E-state index contributed by atoms with van der Waals surface area (Å²) in [5.41, 5.74) is 0.740. The first kappa shape index (κ1) is 14.8. The number of aromatic nitrogens is 1. The van der Waals surface area contributed by atoms with E-state index in [1.807, 2.05) is 30.3 Å². The minimum Gasteiger partial charge on any atom is -0.489 e. The zero-order valence-electron chi connectivity index (χ0n) is 12.3. The van der Waals surface area contributed by atoms with Gasteiger partial charge in [0.1, 0.15) is 18.9 Å². The lowest BCUT2D eigenvalue weighted by molar-refractivity contribution is -0.137. The van der Waals surface area contributed by atoms with E-state index in [0.29, 0.717) is 17.7 Å². The van der Waals surface area contributed by atoms with Crippen molar-refractivity contribution in [2.45, 2.75) is 13.2 Å². The van der Waals surface area contributed by atoms with Gasteiger partial charge in [0.05, 0.1) is 0 Å². The van der Waals surface area contributed by atoms with Crippen LogP contribution in [0.5, 0.6) is 5.75 Å². The summed E-state index contributed by atoms with van der Waals surface area (Å²) in [4.78, 5) is 23.0. The molecule has 0 saturated carbocycles. The summed E-state index contributed by atoms with van der Waals surface area (Å²) < 4.78 is 6.91. The molecule has 23 heavy (non-hydrogen) atoms. The minimum atomic E-state index is -1.05. The average molecular weight is 309 g/mol. The largest absolute Gasteiger partial charge is 0.489 e. The summed E-state index contributed by atoms with van der Waals surface area (Å²) >= 11 is 0. The molecule has 0 unspecified atom stereocenters. The number of hydrogen-bond donors (Lipinski definition) is 1. The molecule has 0 amide bonds. The van der Waals surface area contributed by atoms with Crippen LogP contribution in [-0.2, 0) is 17.9 Å². The van der Waals surface area contributed by atoms with Crippen molar-refractivity contribution >= 4 is 16.7 Å². The molecule has 1 N–H and O–H groups in total. The number of fused-ring (bicyclic) bond motifs is 1. The Kier molecular flexibility index (Phi) is 4.10. The van der Waals surface area contributed by atoms with Crippen LogP contribution in [0, 0.1) is 0 Å². The normalized spacial score (nSPS) is 10.6. The van der Waals surface area contributed by atoms with Gasteiger partial charge in [0.15, 0.2) is 0 Å². The number of carboxylic acid groups (broad SMARTS) is 1. The maximum absolute atomic E-state index is 12.2. The number of pyridine rings is 1. The summed E-state index contributed by atoms with van der Waals surface area (Å²) in [5.74, 6) is -0.383. The fourth-order valence-corrected chi connectivity index (χ4v) is 2.37. The number of aliphatic carboxylic acids is 1. The van der Waals surface area contributed by atoms with E-state index in [2.05, 4.69) is 0 Å². The van der Waals surface area contributed by atoms with Crippen molar-refractivity contribution in [1.82, 2.24) is 4.57 Å². The Morgan fingerprint density at radius 2 is 1.87 bits per heavy atom. The third kappa shape index (κ3) is 3.40. The standard InChI is InChI=1S/C18H15NO4/c20-17(21)11-19-9-8-14-10-15(6-7-16(14)18(19)22)23-12-13-4-2-1-3-5-13/h1-10H,11-12H2,(H,20,21). The third-order valence-corrected chi connectivity index (χ3v) is 3.50. The van der Waals surface area contributed by atoms with Gasteiger partial charge >= 0.3 is 5.97 Å². The van der Waals surface area contributed by atoms with Crippen LogP contribution in [0.15, 0.2) is 65.6 Å². The molecule has 116 valence electrons. The molecule has 3 rings (SSSR count). The highest BCUT2D eigenvalue weighted by molar-refractivity contribution is 5.83. The van der Waals surface area contributed by atoms with Crippen molar-refractivity contribution in [1.29, 1.82) is 0 Å². The summed E-state index contributed by atoms with van der Waals surface area (Å²) in [5, 5.41) is 10.0. The smallest absolute Gasteiger partial charge is 0.323 e. The van der Waals surface area contributed by atoms with Gasteiger partial charge in [-0.2, -0.15) is 0 Å². The van der Waals surface area contributed by atoms with Crippen LogP contribution in [0.1, 0.15) is 5.56 Å². The van der Waals surface area contributed by atoms with E-state index in [0.717, 1.165) is 10.9 Å². The number of ether oxygens (including phenoxy) is 1. The molecular weight excluding hydrogens is 294 g/mol. The molecule has 5 nitrogen and oxygen atoms in total. The lowest BCUT2D eigenvalue weighted by Gasteiger charge is -2.08. The van der Waals surface area contributed by atoms with Crippen LogP contribution < -0.4 is 10.3 Å². The number of carboxylic acids is 1. The molecule has 0 radical (unpaired) electrons. The van der Waals surface area contributed by atoms with Gasteiger partial charge in [0, 0.05) is 11.6 Å². The highest BCUT2D eigenvalue weighted by Crippen LogP contribution is 2.19. The molecule has 5 heteroatoms. The molecule has 0 spiro atoms. The van der Waals surface area contributed by atoms with E-state index in [1.165, 1.54) is 10.8 Å². The number of carbonyl (C=O) groups is 1. The summed E-state index contributed by atoms with van der Waals surface area (Å²) in [7, 11) is 0. The molecule has 0 bridgehead atoms. The Hall–Kier alpha value is -3.08. The van der Waals surface area contributed by atoms with Crippen molar-refractivity contribution < 1.29 is 14.6 Å². The molecule has 0 saturated heterocycles. The monoisotopic (exact) mass is 309 g/mol. The van der Waals surface area contributed by atoms with Gasteiger partial charge in [0.2, 0.25) is 0 Å². The van der Waals surface area contributed by atoms with Crippen molar-refractivity contribution in [3.05, 3.63) is 76.7 Å². The third-order valence-electron chi connectivity index (χ3n) is 3.50. The lowest BCUT2D eigenvalue weighted by atomic mass is 10.1. The average Bonchev–Trinajstić information content (AvgIpc) is 2.56. The van der Waals surface area contributed by atoms with E-state index in [9.17, 15) is 9.59 Å². The van der Waals surface area contributed by atoms with E-state index in [-0.39, 0.29) is 12.1 Å². The van der Waals surface area contributed by atoms with Gasteiger partial charge in [-0.15, -0.1) is 0 Å². The molecule has 1 heterocycles. The number of rotatable bonds is 5. The van der Waals surface area contributed by atoms with Gasteiger partial charge in [-0.3, -0.25) is 9.59 Å². The summed E-state index contributed by atoms with van der Waals surface area (Å²) in [6.45, 7) is 0.101. The Morgan fingerprint density at radius 3 is 2.61 bits per heavy atom. The molecule has 0 aliphatic rings. The second-order valence-electron chi connectivity index (χ2n) is 5.17. The quantitative estimate of drug-likeness (QED) is 0.786. The predicted octanol–water partition coefficient (Wildman–Crippen LogP) is 2.67. The van der Waals surface area contributed by atoms with Crippen LogP contribution in [0.4, 0.5) is 0 Å². The summed E-state index contributed by atoms with van der Waals surface area (Å²) in [6.07, 6.45) is 1.49. The number of hydrogen-bond acceptors (Lipinski definition) is 3. The second kappa shape index (κ2) is 6.36. The number of benzene rings is 2. The Labute approximate surface area is 132 Å². The number of nitrogens with zero attached hydrogens (tertiary/aromatic N) is 1. The van der Waals surface area contributed by atoms with Crippen molar-refractivity contribution in [3.63, 3.8) is 0 Å². The molecule has 0 fully saturated rings. The maximum Gasteiger partial charge on any atom is 0.323 e. The zero-order chi connectivity index (χ0) is 16.2. The Balaban J connectivity index is 1.85. The molecule has 3 aromatic rings. The van der Waals surface area contributed by atoms with Crippen LogP contribution in [0.2, 0.25) is 0 Å². The van der Waals surface area contributed by atoms with Gasteiger partial charge in [-0.1, -0.05) is 30.3 Å². The van der Waals surface area contributed by atoms with Gasteiger partial charge in [0.25, 0.3) is 5.56 Å². The SMILES string of the molecule is O=C(O)Cn1ccc2cc(OCc3ccccc3)ccc2c1=O. The molecule has 0 aliphatic carbocycles. The first-order valence-corrected chi connectivity index (χ1v) is 7.15. The lowest BCUT2D eigenvalue weighted by Crippen LogP contribution is -2.23. The molecular formula is C18H15NO4. The van der Waals surface area contributed by atoms with Crippen molar-refractivity contribution in [2.75, 3.05) is 0 Å². The van der Waals surface area contributed by atoms with Gasteiger partial charge in [-0.25, -0.2) is 0 Å². The maximum atomic E-state index is 12.2. The van der Waals surface area contributed by atoms with Crippen molar-refractivity contribution in [3.8, 4) is 5.75 Å². The van der Waals surface area contributed by atoms with Crippen LogP contribution in [0.25, 0.3) is 10.8 Å². The molecule has 2 aromatic carbocycles. The Morgan fingerprint density at radius 1 is 1.09 bits per heavy atom. The topological polar surface area (TPSA) is 68.5 Å². The van der Waals surface area contributed by atoms with E-state index >= 15 is 0 Å². The zero-order valence-corrected chi connectivity index (χ0v) is 12.3. The van der Waals surface area contributed by atoms with Gasteiger partial charge in [-0.05, 0) is 35.2 Å². The fourth-order valence-electron chi connectivity index (χ4n) is 2.37. The first-order valence-electron chi connectivity index (χ1n) is 7.15. The molecule has 0 aliphatic heterocycles. The highest BCUT2D eigenvalue weighted by atomic mass is 16.5. The van der Waals surface area contributed by atoms with E-state index in [4.69, 9.17) is 9.84 Å². The van der Waals surface area contributed by atoms with Crippen LogP contribution in [-0.4, -0.2) is 15.6 Å². The van der Waals surface area contributed by atoms with Gasteiger partial charge < -0.3 is 14.4 Å². The van der Waals surface area contributed by atoms with Crippen molar-refractivity contribution in [2.24, 2.45) is 0 Å². The molecule has 1 aromatic heterocycles. The van der Waals surface area contributed by atoms with E-state index < -0.39 is 5.97 Å². The van der Waals surface area contributed by atoms with Crippen LogP contribution in [0.3, 0.4) is 0 Å². The fraction of sp³-hybridized carbons (Fsp3) is 0.111. The minimum absolute atomic E-state index is 0.320. The highest BCUT2D eigenvalue weighted by Gasteiger charge is 2.07. The Bertz CT molecular complexity index is 900. The van der Waals surface area contributed by atoms with E-state index in [1.54, 1.807) is 24.3 Å². The molecule has 0 atom stereocenters. The van der Waals surface area contributed by atoms with Crippen LogP contribution >= 0.6 is 0 Å². The summed E-state index contributed by atoms with van der Waals surface area (Å²) in [6, 6.07) is 16.7. The second-order valence-corrected chi connectivity index (χ2v) is 5.17.